The van der Waals surface area contributed by atoms with Crippen LogP contribution in [-0.4, -0.2) is 44.7 Å². The minimum atomic E-state index is -0.813. The molecule has 6 nitrogen and oxygen atoms in total. The number of thioether (sulfide) groups is 1. The van der Waals surface area contributed by atoms with Gasteiger partial charge in [0.05, 0.1) is 5.75 Å². The maximum atomic E-state index is 10.8. The van der Waals surface area contributed by atoms with E-state index in [0.717, 1.165) is 49.9 Å². The standard InChI is InChI=1S/C14H22N4O2S/c1-14(2)5-7-17(8-6-14)12-15-16-13(21-9-11(19)20)18(12)10-3-4-10/h10H,3-9H2,1-2H3,(H,19,20). The molecule has 1 aromatic rings. The predicted molar refractivity (Wildman–Crippen MR) is 81.9 cm³/mol. The lowest BCUT2D eigenvalue weighted by Gasteiger charge is -2.37. The number of anilines is 1. The summed E-state index contributed by atoms with van der Waals surface area (Å²) in [6.45, 7) is 6.62. The molecule has 2 aliphatic rings. The van der Waals surface area contributed by atoms with Crippen LogP contribution < -0.4 is 4.90 Å². The topological polar surface area (TPSA) is 71.2 Å². The summed E-state index contributed by atoms with van der Waals surface area (Å²) in [7, 11) is 0. The zero-order chi connectivity index (χ0) is 15.0. The van der Waals surface area contributed by atoms with E-state index in [9.17, 15) is 4.79 Å². The van der Waals surface area contributed by atoms with Crippen molar-refractivity contribution >= 4 is 23.7 Å². The van der Waals surface area contributed by atoms with Gasteiger partial charge in [-0.05, 0) is 31.1 Å². The Kier molecular flexibility index (Phi) is 3.86. The third kappa shape index (κ3) is 3.33. The third-order valence-corrected chi connectivity index (χ3v) is 5.21. The van der Waals surface area contributed by atoms with Gasteiger partial charge >= 0.3 is 5.97 Å². The normalized spacial score (nSPS) is 21.5. The maximum Gasteiger partial charge on any atom is 0.313 e. The van der Waals surface area contributed by atoms with Crippen molar-refractivity contribution in [2.75, 3.05) is 23.7 Å². The molecule has 0 bridgehead atoms. The Bertz CT molecular complexity index is 529. The number of aromatic nitrogens is 3. The van der Waals surface area contributed by atoms with E-state index >= 15 is 0 Å². The molecule has 1 saturated heterocycles. The van der Waals surface area contributed by atoms with Gasteiger partial charge in [0.15, 0.2) is 5.16 Å². The van der Waals surface area contributed by atoms with E-state index in [2.05, 4.69) is 33.5 Å². The molecule has 1 saturated carbocycles. The second-order valence-electron chi connectivity index (χ2n) is 6.72. The monoisotopic (exact) mass is 310 g/mol. The summed E-state index contributed by atoms with van der Waals surface area (Å²) in [4.78, 5) is 13.1. The fourth-order valence-electron chi connectivity index (χ4n) is 2.67. The number of carboxylic acid groups (broad SMARTS) is 1. The van der Waals surface area contributed by atoms with Gasteiger partial charge < -0.3 is 10.0 Å². The zero-order valence-electron chi connectivity index (χ0n) is 12.6. The van der Waals surface area contributed by atoms with Gasteiger partial charge in [-0.25, -0.2) is 0 Å². The van der Waals surface area contributed by atoms with Crippen molar-refractivity contribution in [2.24, 2.45) is 5.41 Å². The Morgan fingerprint density at radius 3 is 2.57 bits per heavy atom. The fraction of sp³-hybridized carbons (Fsp3) is 0.786. The highest BCUT2D eigenvalue weighted by Gasteiger charge is 2.34. The first-order valence-corrected chi connectivity index (χ1v) is 8.49. The molecule has 3 rings (SSSR count). The zero-order valence-corrected chi connectivity index (χ0v) is 13.4. The smallest absolute Gasteiger partial charge is 0.313 e. The Morgan fingerprint density at radius 1 is 1.33 bits per heavy atom. The predicted octanol–water partition coefficient (Wildman–Crippen LogP) is 2.42. The number of aliphatic carboxylic acids is 1. The Labute approximate surface area is 128 Å². The quantitative estimate of drug-likeness (QED) is 0.842. The van der Waals surface area contributed by atoms with Gasteiger partial charge in [0.1, 0.15) is 0 Å². The van der Waals surface area contributed by atoms with E-state index in [-0.39, 0.29) is 5.75 Å². The Balaban J connectivity index is 1.77. The average Bonchev–Trinajstić information content (AvgIpc) is 3.17. The molecule has 2 heterocycles. The van der Waals surface area contributed by atoms with Gasteiger partial charge in [-0.2, -0.15) is 0 Å². The molecule has 0 spiro atoms. The lowest BCUT2D eigenvalue weighted by molar-refractivity contribution is -0.133. The summed E-state index contributed by atoms with van der Waals surface area (Å²) < 4.78 is 2.16. The van der Waals surface area contributed by atoms with Crippen molar-refractivity contribution in [3.8, 4) is 0 Å². The van der Waals surface area contributed by atoms with Gasteiger partial charge in [0, 0.05) is 19.1 Å². The highest BCUT2D eigenvalue weighted by Crippen LogP contribution is 2.42. The van der Waals surface area contributed by atoms with Crippen LogP contribution in [0.3, 0.4) is 0 Å². The summed E-state index contributed by atoms with van der Waals surface area (Å²) in [6.07, 6.45) is 4.60. The lowest BCUT2D eigenvalue weighted by atomic mass is 9.83. The molecule has 0 radical (unpaired) electrons. The molecular formula is C14H22N4O2S. The fourth-order valence-corrected chi connectivity index (χ4v) is 3.39. The van der Waals surface area contributed by atoms with Crippen LogP contribution in [0.25, 0.3) is 0 Å². The molecule has 0 atom stereocenters. The summed E-state index contributed by atoms with van der Waals surface area (Å²) in [5.41, 5.74) is 0.405. The number of hydrogen-bond donors (Lipinski definition) is 1. The van der Waals surface area contributed by atoms with Gasteiger partial charge in [-0.1, -0.05) is 25.6 Å². The SMILES string of the molecule is CC1(C)CCN(c2nnc(SCC(=O)O)n2C2CC2)CC1. The van der Waals surface area contributed by atoms with E-state index < -0.39 is 5.97 Å². The molecule has 0 aromatic carbocycles. The first-order valence-electron chi connectivity index (χ1n) is 7.51. The van der Waals surface area contributed by atoms with Crippen molar-refractivity contribution in [3.63, 3.8) is 0 Å². The van der Waals surface area contributed by atoms with Crippen LogP contribution in [0.4, 0.5) is 5.95 Å². The van der Waals surface area contributed by atoms with Crippen LogP contribution in [0.2, 0.25) is 0 Å². The minimum Gasteiger partial charge on any atom is -0.481 e. The molecule has 7 heteroatoms. The van der Waals surface area contributed by atoms with Gasteiger partial charge in [0.25, 0.3) is 0 Å². The van der Waals surface area contributed by atoms with Crippen molar-refractivity contribution in [1.82, 2.24) is 14.8 Å². The molecule has 21 heavy (non-hydrogen) atoms. The average molecular weight is 310 g/mol. The molecule has 0 amide bonds. The number of hydrogen-bond acceptors (Lipinski definition) is 5. The van der Waals surface area contributed by atoms with Gasteiger partial charge in [-0.15, -0.1) is 10.2 Å². The van der Waals surface area contributed by atoms with Crippen molar-refractivity contribution in [1.29, 1.82) is 0 Å². The van der Waals surface area contributed by atoms with Crippen LogP contribution in [0, 0.1) is 5.41 Å². The first kappa shape index (κ1) is 14.7. The second kappa shape index (κ2) is 5.51. The van der Waals surface area contributed by atoms with E-state index in [1.807, 2.05) is 0 Å². The van der Waals surface area contributed by atoms with Crippen molar-refractivity contribution in [2.45, 2.75) is 50.7 Å². The van der Waals surface area contributed by atoms with E-state index in [4.69, 9.17) is 5.11 Å². The molecule has 1 N–H and O–H groups in total. The third-order valence-electron chi connectivity index (χ3n) is 4.28. The van der Waals surface area contributed by atoms with Crippen LogP contribution in [0.5, 0.6) is 0 Å². The van der Waals surface area contributed by atoms with E-state index in [1.54, 1.807) is 0 Å². The van der Waals surface area contributed by atoms with Crippen molar-refractivity contribution < 1.29 is 9.90 Å². The van der Waals surface area contributed by atoms with Crippen molar-refractivity contribution in [3.05, 3.63) is 0 Å². The number of piperidine rings is 1. The molecule has 1 aliphatic carbocycles. The molecule has 0 unspecified atom stereocenters. The molecule has 1 aromatic heterocycles. The van der Waals surface area contributed by atoms with Crippen LogP contribution in [0.1, 0.15) is 45.6 Å². The number of carbonyl (C=O) groups is 1. The highest BCUT2D eigenvalue weighted by atomic mass is 32.2. The van der Waals surface area contributed by atoms with E-state index in [0.29, 0.717) is 11.5 Å². The molecule has 2 fully saturated rings. The largest absolute Gasteiger partial charge is 0.481 e. The number of nitrogens with zero attached hydrogens (tertiary/aromatic N) is 4. The van der Waals surface area contributed by atoms with E-state index in [1.165, 1.54) is 11.8 Å². The van der Waals surface area contributed by atoms with Gasteiger partial charge in [-0.3, -0.25) is 9.36 Å². The van der Waals surface area contributed by atoms with Crippen LogP contribution >= 0.6 is 11.8 Å². The number of carboxylic acids is 1. The first-order chi connectivity index (χ1) is 9.96. The summed E-state index contributed by atoms with van der Waals surface area (Å²) >= 11 is 1.27. The summed E-state index contributed by atoms with van der Waals surface area (Å²) in [5.74, 6) is 0.158. The van der Waals surface area contributed by atoms with Crippen LogP contribution in [-0.2, 0) is 4.79 Å². The number of rotatable bonds is 5. The summed E-state index contributed by atoms with van der Waals surface area (Å²) in [6, 6.07) is 0.459. The van der Waals surface area contributed by atoms with Crippen LogP contribution in [0.15, 0.2) is 5.16 Å². The van der Waals surface area contributed by atoms with Gasteiger partial charge in [0.2, 0.25) is 5.95 Å². The molecule has 1 aliphatic heterocycles. The second-order valence-corrected chi connectivity index (χ2v) is 7.66. The maximum absolute atomic E-state index is 10.8. The lowest BCUT2D eigenvalue weighted by Crippen LogP contribution is -2.38. The molecular weight excluding hydrogens is 288 g/mol. The highest BCUT2D eigenvalue weighted by molar-refractivity contribution is 7.99. The Morgan fingerprint density at radius 2 is 2.00 bits per heavy atom. The minimum absolute atomic E-state index is 0.0396. The Hall–Kier alpha value is -1.24. The molecule has 116 valence electrons. The summed E-state index contributed by atoms with van der Waals surface area (Å²) in [5, 5.41) is 18.2.